The minimum absolute atomic E-state index is 0.0368. The Labute approximate surface area is 118 Å². The van der Waals surface area contributed by atoms with E-state index in [1.54, 1.807) is 13.8 Å². The molecule has 19 heavy (non-hydrogen) atoms. The molecule has 1 heterocycles. The molecule has 9 heteroatoms. The zero-order chi connectivity index (χ0) is 14.6. The molecule has 1 atom stereocenters. The number of thiocarbonyl (C=S) groups is 1. The largest absolute Gasteiger partial charge is 0.392 e. The monoisotopic (exact) mass is 309 g/mol. The fourth-order valence-electron chi connectivity index (χ4n) is 1.77. The molecule has 1 amide bonds. The predicted molar refractivity (Wildman–Crippen MR) is 75.2 cm³/mol. The molecule has 1 aliphatic heterocycles. The summed E-state index contributed by atoms with van der Waals surface area (Å²) in [6.07, 6.45) is 0. The Balaban J connectivity index is 2.89. The van der Waals surface area contributed by atoms with Gasteiger partial charge in [0.2, 0.25) is 15.9 Å². The molecule has 0 bridgehead atoms. The Bertz CT molecular complexity index is 450. The zero-order valence-electron chi connectivity index (χ0n) is 11.0. The summed E-state index contributed by atoms with van der Waals surface area (Å²) in [4.78, 5) is 11.9. The molecule has 0 aromatic carbocycles. The number of nitrogens with two attached hydrogens (primary N) is 1. The first kappa shape index (κ1) is 16.3. The second-order valence-electron chi connectivity index (χ2n) is 4.59. The van der Waals surface area contributed by atoms with E-state index in [-0.39, 0.29) is 36.7 Å². The molecule has 110 valence electrons. The number of carbonyl (C=O) groups is 1. The average Bonchev–Trinajstić information content (AvgIpc) is 2.26. The van der Waals surface area contributed by atoms with Gasteiger partial charge in [0.05, 0.1) is 18.2 Å². The van der Waals surface area contributed by atoms with Crippen molar-refractivity contribution < 1.29 is 17.9 Å². The van der Waals surface area contributed by atoms with Gasteiger partial charge < -0.3 is 15.8 Å². The third kappa shape index (κ3) is 4.68. The van der Waals surface area contributed by atoms with Crippen molar-refractivity contribution in [3.05, 3.63) is 0 Å². The van der Waals surface area contributed by atoms with E-state index in [4.69, 9.17) is 10.5 Å². The van der Waals surface area contributed by atoms with Gasteiger partial charge in [-0.2, -0.15) is 4.31 Å². The maximum atomic E-state index is 12.1. The molecule has 1 aliphatic rings. The van der Waals surface area contributed by atoms with E-state index >= 15 is 0 Å². The number of morpholine rings is 1. The number of sulfonamides is 1. The number of nitrogens with zero attached hydrogens (tertiary/aromatic N) is 1. The van der Waals surface area contributed by atoms with E-state index < -0.39 is 21.8 Å². The van der Waals surface area contributed by atoms with Crippen molar-refractivity contribution in [1.29, 1.82) is 0 Å². The van der Waals surface area contributed by atoms with Gasteiger partial charge in [-0.1, -0.05) is 12.2 Å². The van der Waals surface area contributed by atoms with Crippen LogP contribution in [-0.4, -0.2) is 61.2 Å². The molecule has 7 nitrogen and oxygen atoms in total. The number of carbonyl (C=O) groups excluding carboxylic acids is 1. The van der Waals surface area contributed by atoms with E-state index in [1.165, 1.54) is 0 Å². The molecule has 1 unspecified atom stereocenters. The van der Waals surface area contributed by atoms with Gasteiger partial charge in [0.1, 0.15) is 11.8 Å². The molecular weight excluding hydrogens is 290 g/mol. The molecular formula is C10H19N3O4S2. The minimum atomic E-state index is -3.69. The van der Waals surface area contributed by atoms with Crippen LogP contribution in [0, 0.1) is 0 Å². The van der Waals surface area contributed by atoms with E-state index in [1.807, 2.05) is 0 Å². The lowest BCUT2D eigenvalue weighted by Crippen LogP contribution is -2.57. The highest BCUT2D eigenvalue weighted by atomic mass is 32.2. The summed E-state index contributed by atoms with van der Waals surface area (Å²) in [6, 6.07) is -0.940. The topological polar surface area (TPSA) is 102 Å². The maximum Gasteiger partial charge on any atom is 0.241 e. The van der Waals surface area contributed by atoms with Crippen LogP contribution in [0.3, 0.4) is 0 Å². The molecule has 0 radical (unpaired) electrons. The van der Waals surface area contributed by atoms with Gasteiger partial charge in [0, 0.05) is 12.6 Å². The lowest BCUT2D eigenvalue weighted by Gasteiger charge is -2.33. The first-order valence-corrected chi connectivity index (χ1v) is 7.91. The Morgan fingerprint density at radius 3 is 2.74 bits per heavy atom. The first-order valence-electron chi connectivity index (χ1n) is 5.90. The van der Waals surface area contributed by atoms with Crippen LogP contribution in [0.5, 0.6) is 0 Å². The van der Waals surface area contributed by atoms with Crippen LogP contribution >= 0.6 is 12.2 Å². The Morgan fingerprint density at radius 2 is 2.21 bits per heavy atom. The van der Waals surface area contributed by atoms with Gasteiger partial charge in [0.15, 0.2) is 0 Å². The number of nitrogens with one attached hydrogen (secondary N) is 1. The summed E-state index contributed by atoms with van der Waals surface area (Å²) >= 11 is 4.63. The quantitative estimate of drug-likeness (QED) is 0.620. The summed E-state index contributed by atoms with van der Waals surface area (Å²) in [7, 11) is -3.69. The normalized spacial score (nSPS) is 21.3. The summed E-state index contributed by atoms with van der Waals surface area (Å²) < 4.78 is 30.5. The number of hydrogen-bond acceptors (Lipinski definition) is 5. The Kier molecular flexibility index (Phi) is 5.65. The summed E-state index contributed by atoms with van der Waals surface area (Å²) in [5.74, 6) is -0.811. The Morgan fingerprint density at radius 1 is 1.58 bits per heavy atom. The molecule has 0 aromatic rings. The van der Waals surface area contributed by atoms with Gasteiger partial charge >= 0.3 is 0 Å². The van der Waals surface area contributed by atoms with Crippen LogP contribution in [0.25, 0.3) is 0 Å². The number of hydrogen-bond donors (Lipinski definition) is 2. The lowest BCUT2D eigenvalue weighted by atomic mass is 10.2. The standard InChI is InChI=1S/C10H19N3O4S2/c1-7(2)12-10(14)8-5-17-4-3-13(8)19(15,16)6-9(11)18/h7-8H,3-6H2,1-2H3,(H2,11,18)(H,12,14). The van der Waals surface area contributed by atoms with E-state index in [9.17, 15) is 13.2 Å². The second-order valence-corrected chi connectivity index (χ2v) is 7.03. The second kappa shape index (κ2) is 6.60. The van der Waals surface area contributed by atoms with Crippen molar-refractivity contribution in [2.24, 2.45) is 5.73 Å². The molecule has 1 fully saturated rings. The highest BCUT2D eigenvalue weighted by molar-refractivity contribution is 7.92. The van der Waals surface area contributed by atoms with Crippen LogP contribution in [-0.2, 0) is 19.6 Å². The highest BCUT2D eigenvalue weighted by Gasteiger charge is 2.37. The first-order chi connectivity index (χ1) is 8.74. The van der Waals surface area contributed by atoms with Crippen molar-refractivity contribution >= 4 is 33.1 Å². The Hall–Kier alpha value is -0.770. The van der Waals surface area contributed by atoms with E-state index in [0.717, 1.165) is 4.31 Å². The van der Waals surface area contributed by atoms with E-state index in [2.05, 4.69) is 17.5 Å². The number of ether oxygens (including phenoxy) is 1. The maximum absolute atomic E-state index is 12.1. The molecule has 1 saturated heterocycles. The van der Waals surface area contributed by atoms with E-state index in [0.29, 0.717) is 0 Å². The van der Waals surface area contributed by atoms with Crippen molar-refractivity contribution in [2.45, 2.75) is 25.9 Å². The fraction of sp³-hybridized carbons (Fsp3) is 0.800. The summed E-state index contributed by atoms with van der Waals surface area (Å²) in [5, 5.41) is 2.68. The predicted octanol–water partition coefficient (Wildman–Crippen LogP) is -1.17. The van der Waals surface area contributed by atoms with Crippen LogP contribution in [0.4, 0.5) is 0 Å². The zero-order valence-corrected chi connectivity index (χ0v) is 12.6. The van der Waals surface area contributed by atoms with Crippen LogP contribution in [0.1, 0.15) is 13.8 Å². The van der Waals surface area contributed by atoms with Crippen molar-refractivity contribution in [3.8, 4) is 0 Å². The molecule has 0 saturated carbocycles. The SMILES string of the molecule is CC(C)NC(=O)C1COCCN1S(=O)(=O)CC(N)=S. The van der Waals surface area contributed by atoms with Crippen LogP contribution < -0.4 is 11.1 Å². The molecule has 1 rings (SSSR count). The highest BCUT2D eigenvalue weighted by Crippen LogP contribution is 2.13. The lowest BCUT2D eigenvalue weighted by molar-refractivity contribution is -0.129. The molecule has 0 aromatic heterocycles. The van der Waals surface area contributed by atoms with Gasteiger partial charge in [-0.15, -0.1) is 0 Å². The van der Waals surface area contributed by atoms with Crippen molar-refractivity contribution in [2.75, 3.05) is 25.5 Å². The molecule has 0 aliphatic carbocycles. The number of rotatable bonds is 5. The summed E-state index contributed by atoms with van der Waals surface area (Å²) in [6.45, 7) is 4.02. The van der Waals surface area contributed by atoms with Crippen molar-refractivity contribution in [3.63, 3.8) is 0 Å². The van der Waals surface area contributed by atoms with Crippen LogP contribution in [0.2, 0.25) is 0 Å². The van der Waals surface area contributed by atoms with Crippen LogP contribution in [0.15, 0.2) is 0 Å². The van der Waals surface area contributed by atoms with Gasteiger partial charge in [-0.3, -0.25) is 4.79 Å². The minimum Gasteiger partial charge on any atom is -0.392 e. The average molecular weight is 309 g/mol. The summed E-state index contributed by atoms with van der Waals surface area (Å²) in [5.41, 5.74) is 5.28. The third-order valence-electron chi connectivity index (χ3n) is 2.49. The van der Waals surface area contributed by atoms with Gasteiger partial charge in [-0.05, 0) is 13.8 Å². The van der Waals surface area contributed by atoms with Crippen molar-refractivity contribution in [1.82, 2.24) is 9.62 Å². The molecule has 3 N–H and O–H groups in total. The van der Waals surface area contributed by atoms with Gasteiger partial charge in [0.25, 0.3) is 0 Å². The van der Waals surface area contributed by atoms with Gasteiger partial charge in [-0.25, -0.2) is 8.42 Å². The number of amides is 1. The third-order valence-corrected chi connectivity index (χ3v) is 4.65. The smallest absolute Gasteiger partial charge is 0.241 e. The fourth-order valence-corrected chi connectivity index (χ4v) is 3.64. The molecule has 0 spiro atoms.